The highest BCUT2D eigenvalue weighted by Gasteiger charge is 2.31. The molecule has 0 bridgehead atoms. The molecule has 0 spiro atoms. The minimum absolute atomic E-state index is 0.000980. The van der Waals surface area contributed by atoms with Crippen LogP contribution in [-0.4, -0.2) is 12.2 Å². The number of amidine groups is 1. The summed E-state index contributed by atoms with van der Waals surface area (Å²) in [4.78, 5) is 0. The Kier molecular flexibility index (Phi) is 3.44. The number of rotatable bonds is 2. The Balaban J connectivity index is 2.79. The largest absolute Gasteiger partial charge is 0.573 e. The van der Waals surface area contributed by atoms with Crippen LogP contribution < -0.4 is 16.0 Å². The number of halogens is 3. The predicted molar refractivity (Wildman–Crippen MR) is 48.2 cm³/mol. The average Bonchev–Trinajstić information content (AvgIpc) is 2.16. The van der Waals surface area contributed by atoms with Crippen molar-refractivity contribution in [3.63, 3.8) is 0 Å². The number of hydrogen-bond acceptors (Lipinski definition) is 2. The minimum Gasteiger partial charge on any atom is -0.406 e. The van der Waals surface area contributed by atoms with Crippen LogP contribution in [0.4, 0.5) is 13.2 Å². The van der Waals surface area contributed by atoms with E-state index in [0.717, 1.165) is 12.1 Å². The van der Waals surface area contributed by atoms with Gasteiger partial charge in [-0.15, -0.1) is 13.2 Å². The van der Waals surface area contributed by atoms with Crippen molar-refractivity contribution >= 4 is 5.84 Å². The molecule has 0 saturated carbocycles. The van der Waals surface area contributed by atoms with E-state index in [1.807, 2.05) is 0 Å². The van der Waals surface area contributed by atoms with Gasteiger partial charge in [0.25, 0.3) is 0 Å². The maximum Gasteiger partial charge on any atom is 0.573 e. The molecule has 1 aromatic rings. The van der Waals surface area contributed by atoms with Gasteiger partial charge in [-0.05, 0) is 24.3 Å². The Morgan fingerprint density at radius 1 is 1.25 bits per heavy atom. The fourth-order valence-corrected chi connectivity index (χ4v) is 0.947. The van der Waals surface area contributed by atoms with Crippen molar-refractivity contribution in [1.82, 2.24) is 0 Å². The number of hydrogen-bond donors (Lipinski definition) is 2. The molecule has 0 radical (unpaired) electrons. The quantitative estimate of drug-likeness (QED) is 0.255. The summed E-state index contributed by atoms with van der Waals surface area (Å²) in [6.45, 7) is 0. The Morgan fingerprint density at radius 2 is 1.81 bits per heavy atom. The fraction of sp³-hybridized carbons (Fsp3) is 0.125. The van der Waals surface area contributed by atoms with Crippen LogP contribution in [0.1, 0.15) is 5.56 Å². The van der Waals surface area contributed by atoms with E-state index >= 15 is 0 Å². The van der Waals surface area contributed by atoms with Crippen LogP contribution in [0.25, 0.3) is 0 Å². The molecule has 1 rings (SSSR count). The Morgan fingerprint density at radius 3 is 2.25 bits per heavy atom. The molecule has 0 aromatic heterocycles. The second kappa shape index (κ2) is 4.60. The number of ether oxygens (including phenoxy) is 1. The third-order valence-corrected chi connectivity index (χ3v) is 1.55. The zero-order valence-corrected chi connectivity index (χ0v) is 7.90. The molecule has 5 nitrogen and oxygen atoms in total. The van der Waals surface area contributed by atoms with Crippen LogP contribution in [0.15, 0.2) is 34.6 Å². The Labute approximate surface area is 88.2 Å². The molecular formula is C8H8F3N4O+. The summed E-state index contributed by atoms with van der Waals surface area (Å²) in [5.74, 6) is 4.43. The van der Waals surface area contributed by atoms with Gasteiger partial charge in [0, 0.05) is 5.22 Å². The van der Waals surface area contributed by atoms with Crippen LogP contribution in [0.2, 0.25) is 0 Å². The van der Waals surface area contributed by atoms with Gasteiger partial charge in [0.1, 0.15) is 5.75 Å². The van der Waals surface area contributed by atoms with Gasteiger partial charge in [-0.1, -0.05) is 0 Å². The highest BCUT2D eigenvalue weighted by atomic mass is 19.4. The first kappa shape index (κ1) is 12.0. The SMILES string of the molecule is NN=NC(=[NH2+])c1ccc(OC(F)(F)F)cc1. The topological polar surface area (TPSA) is 85.6 Å². The lowest BCUT2D eigenvalue weighted by Crippen LogP contribution is -2.38. The van der Waals surface area contributed by atoms with Crippen molar-refractivity contribution in [3.8, 4) is 5.75 Å². The summed E-state index contributed by atoms with van der Waals surface area (Å²) in [5.41, 5.74) is 0.392. The molecule has 86 valence electrons. The van der Waals surface area contributed by atoms with E-state index in [9.17, 15) is 13.2 Å². The number of nitrogens with two attached hydrogens (primary N) is 2. The molecule has 0 unspecified atom stereocenters. The highest BCUT2D eigenvalue weighted by Crippen LogP contribution is 2.22. The summed E-state index contributed by atoms with van der Waals surface area (Å²) < 4.78 is 39.1. The molecule has 0 aliphatic rings. The number of nitrogens with zero attached hydrogens (tertiary/aromatic N) is 2. The molecule has 0 heterocycles. The van der Waals surface area contributed by atoms with Gasteiger partial charge in [0.05, 0.1) is 10.7 Å². The smallest absolute Gasteiger partial charge is 0.406 e. The van der Waals surface area contributed by atoms with Gasteiger partial charge in [0.2, 0.25) is 0 Å². The van der Waals surface area contributed by atoms with Crippen LogP contribution in [-0.2, 0) is 0 Å². The van der Waals surface area contributed by atoms with Crippen LogP contribution in [0, 0.1) is 0 Å². The summed E-state index contributed by atoms with van der Waals surface area (Å²) >= 11 is 0. The van der Waals surface area contributed by atoms with Crippen molar-refractivity contribution in [2.75, 3.05) is 0 Å². The van der Waals surface area contributed by atoms with E-state index in [2.05, 4.69) is 15.1 Å². The monoisotopic (exact) mass is 233 g/mol. The zero-order valence-electron chi connectivity index (χ0n) is 7.90. The predicted octanol–water partition coefficient (Wildman–Crippen LogP) is 0.417. The third kappa shape index (κ3) is 3.56. The van der Waals surface area contributed by atoms with E-state index in [4.69, 9.17) is 11.3 Å². The molecule has 0 aliphatic heterocycles. The highest BCUT2D eigenvalue weighted by molar-refractivity contribution is 5.94. The molecule has 1 aromatic carbocycles. The van der Waals surface area contributed by atoms with Gasteiger partial charge < -0.3 is 4.74 Å². The first-order valence-corrected chi connectivity index (χ1v) is 4.02. The molecule has 16 heavy (non-hydrogen) atoms. The van der Waals surface area contributed by atoms with E-state index in [0.29, 0.717) is 5.56 Å². The molecule has 8 heteroatoms. The van der Waals surface area contributed by atoms with Crippen LogP contribution in [0.3, 0.4) is 0 Å². The van der Waals surface area contributed by atoms with Gasteiger partial charge >= 0.3 is 12.2 Å². The second-order valence-corrected chi connectivity index (χ2v) is 2.67. The first-order valence-electron chi connectivity index (χ1n) is 4.02. The lowest BCUT2D eigenvalue weighted by Gasteiger charge is -2.07. The molecule has 0 amide bonds. The third-order valence-electron chi connectivity index (χ3n) is 1.55. The normalized spacial score (nSPS) is 11.7. The average molecular weight is 233 g/mol. The molecule has 4 N–H and O–H groups in total. The maximum absolute atomic E-state index is 11.8. The lowest BCUT2D eigenvalue weighted by molar-refractivity contribution is -0.274. The minimum atomic E-state index is -4.71. The van der Waals surface area contributed by atoms with Gasteiger partial charge in [-0.2, -0.15) is 0 Å². The van der Waals surface area contributed by atoms with Crippen molar-refractivity contribution < 1.29 is 23.3 Å². The Hall–Kier alpha value is -2.12. The van der Waals surface area contributed by atoms with Crippen molar-refractivity contribution in [2.45, 2.75) is 6.36 Å². The number of alkyl halides is 3. The Bertz CT molecular complexity index is 399. The van der Waals surface area contributed by atoms with E-state index in [1.54, 1.807) is 0 Å². The lowest BCUT2D eigenvalue weighted by atomic mass is 10.2. The van der Waals surface area contributed by atoms with Gasteiger partial charge in [-0.25, -0.2) is 0 Å². The second-order valence-electron chi connectivity index (χ2n) is 2.67. The van der Waals surface area contributed by atoms with Crippen molar-refractivity contribution in [1.29, 1.82) is 0 Å². The van der Waals surface area contributed by atoms with Crippen LogP contribution in [0.5, 0.6) is 5.75 Å². The number of benzene rings is 1. The summed E-state index contributed by atoms with van der Waals surface area (Å²) in [5, 5.41) is 11.7. The maximum atomic E-state index is 11.8. The summed E-state index contributed by atoms with van der Waals surface area (Å²) in [6.07, 6.45) is -4.71. The zero-order chi connectivity index (χ0) is 12.2. The van der Waals surface area contributed by atoms with Crippen molar-refractivity contribution in [2.24, 2.45) is 16.2 Å². The standard InChI is InChI=1S/C8H7F3N4O/c9-8(10,11)16-6-3-1-5(2-4-6)7(12)14-15-13/h1-4H,(H3,12,13,14)/p+1. The molecule has 0 saturated heterocycles. The van der Waals surface area contributed by atoms with Gasteiger partial charge in [-0.3, -0.25) is 11.3 Å². The van der Waals surface area contributed by atoms with E-state index in [1.165, 1.54) is 12.1 Å². The van der Waals surface area contributed by atoms with Crippen LogP contribution >= 0.6 is 0 Å². The molecule has 0 aliphatic carbocycles. The molecule has 0 atom stereocenters. The van der Waals surface area contributed by atoms with E-state index in [-0.39, 0.29) is 11.6 Å². The van der Waals surface area contributed by atoms with Gasteiger partial charge in [0.15, 0.2) is 0 Å². The molecule has 0 fully saturated rings. The molecular weight excluding hydrogens is 225 g/mol. The summed E-state index contributed by atoms with van der Waals surface area (Å²) in [6, 6.07) is 4.85. The summed E-state index contributed by atoms with van der Waals surface area (Å²) in [7, 11) is 0. The fourth-order valence-electron chi connectivity index (χ4n) is 0.947. The first-order chi connectivity index (χ1) is 7.42. The van der Waals surface area contributed by atoms with Crippen molar-refractivity contribution in [3.05, 3.63) is 29.8 Å². The van der Waals surface area contributed by atoms with E-state index < -0.39 is 6.36 Å².